The van der Waals surface area contributed by atoms with Crippen molar-refractivity contribution in [2.24, 2.45) is 0 Å². The molecule has 1 aliphatic heterocycles. The number of hydrogen-bond acceptors (Lipinski definition) is 6. The molecule has 0 saturated carbocycles. The van der Waals surface area contributed by atoms with Crippen molar-refractivity contribution in [2.45, 2.75) is 38.8 Å². The smallest absolute Gasteiger partial charge is 0.407 e. The molecule has 0 aromatic heterocycles. The summed E-state index contributed by atoms with van der Waals surface area (Å²) in [5.74, 6) is 0. The van der Waals surface area contributed by atoms with Gasteiger partial charge in [0, 0.05) is 18.7 Å². The number of nitrogens with zero attached hydrogens (tertiary/aromatic N) is 1. The van der Waals surface area contributed by atoms with E-state index in [1.165, 1.54) is 0 Å². The molecule has 2 rings (SSSR count). The normalized spacial score (nSPS) is 16.4. The van der Waals surface area contributed by atoms with Gasteiger partial charge in [0.05, 0.1) is 25.9 Å². The number of hydrazine groups is 1. The van der Waals surface area contributed by atoms with Gasteiger partial charge in [0.15, 0.2) is 0 Å². The number of hydrogen-bond donors (Lipinski definition) is 3. The largest absolute Gasteiger partial charge is 0.444 e. The van der Waals surface area contributed by atoms with Gasteiger partial charge >= 0.3 is 6.09 Å². The number of aliphatic hydroxyl groups is 1. The zero-order valence-electron chi connectivity index (χ0n) is 16.2. The van der Waals surface area contributed by atoms with Crippen molar-refractivity contribution in [3.05, 3.63) is 35.4 Å². The number of carbonyl (C=O) groups excluding carboxylic acids is 1. The monoisotopic (exact) mass is 395 g/mol. The first-order valence-corrected chi connectivity index (χ1v) is 9.51. The number of carbonyl (C=O) groups is 1. The van der Waals surface area contributed by atoms with Crippen LogP contribution in [0.4, 0.5) is 4.79 Å². The Morgan fingerprint density at radius 2 is 2.00 bits per heavy atom. The van der Waals surface area contributed by atoms with Gasteiger partial charge in [-0.2, -0.15) is 0 Å². The highest BCUT2D eigenvalue weighted by atomic mass is 32.1. The van der Waals surface area contributed by atoms with E-state index >= 15 is 0 Å². The van der Waals surface area contributed by atoms with Crippen LogP contribution in [0.25, 0.3) is 0 Å². The third kappa shape index (κ3) is 7.42. The fourth-order valence-corrected chi connectivity index (χ4v) is 3.03. The lowest BCUT2D eigenvalue weighted by atomic mass is 10.0. The summed E-state index contributed by atoms with van der Waals surface area (Å²) in [7, 11) is 0. The van der Waals surface area contributed by atoms with Crippen LogP contribution in [0.1, 0.15) is 31.9 Å². The van der Waals surface area contributed by atoms with Crippen molar-refractivity contribution in [1.29, 1.82) is 0 Å². The van der Waals surface area contributed by atoms with E-state index < -0.39 is 17.7 Å². The standard InChI is InChI=1S/C19H29N3O4S/c1-19(2,3)26-18(24)20-15(13-23)12-14-6-4-5-7-16(14)17(27)21-22-8-10-25-11-9-22/h4-7,15,23H,8-13H2,1-3H3,(H,20,24)(H,21,27)/t15-/m0/s1. The average molecular weight is 396 g/mol. The van der Waals surface area contributed by atoms with E-state index in [0.717, 1.165) is 24.2 Å². The van der Waals surface area contributed by atoms with Crippen LogP contribution >= 0.6 is 12.2 Å². The Labute approximate surface area is 166 Å². The molecular formula is C19H29N3O4S. The number of benzene rings is 1. The van der Waals surface area contributed by atoms with Gasteiger partial charge in [0.2, 0.25) is 0 Å². The zero-order chi connectivity index (χ0) is 19.9. The highest BCUT2D eigenvalue weighted by Crippen LogP contribution is 2.14. The van der Waals surface area contributed by atoms with E-state index in [0.29, 0.717) is 24.6 Å². The Bertz CT molecular complexity index is 642. The maximum Gasteiger partial charge on any atom is 0.407 e. The quantitative estimate of drug-likeness (QED) is 0.632. The number of rotatable bonds is 6. The molecule has 1 aliphatic rings. The van der Waals surface area contributed by atoms with Crippen molar-refractivity contribution < 1.29 is 19.4 Å². The van der Waals surface area contributed by atoms with Crippen LogP contribution in [0.15, 0.2) is 24.3 Å². The van der Waals surface area contributed by atoms with Crippen LogP contribution < -0.4 is 10.7 Å². The van der Waals surface area contributed by atoms with E-state index in [1.807, 2.05) is 29.3 Å². The summed E-state index contributed by atoms with van der Waals surface area (Å²) in [5, 5.41) is 14.4. The second-order valence-electron chi connectivity index (χ2n) is 7.43. The van der Waals surface area contributed by atoms with E-state index in [4.69, 9.17) is 21.7 Å². The average Bonchev–Trinajstić information content (AvgIpc) is 2.60. The topological polar surface area (TPSA) is 83.1 Å². The van der Waals surface area contributed by atoms with Gasteiger partial charge in [-0.3, -0.25) is 0 Å². The Kier molecular flexibility index (Phi) is 7.97. The first-order chi connectivity index (χ1) is 12.8. The van der Waals surface area contributed by atoms with Crippen molar-refractivity contribution in [3.8, 4) is 0 Å². The summed E-state index contributed by atoms with van der Waals surface area (Å²) >= 11 is 5.57. The fourth-order valence-electron chi connectivity index (χ4n) is 2.70. The van der Waals surface area contributed by atoms with Gasteiger partial charge < -0.3 is 25.3 Å². The summed E-state index contributed by atoms with van der Waals surface area (Å²) < 4.78 is 10.6. The molecule has 0 radical (unpaired) electrons. The molecule has 7 nitrogen and oxygen atoms in total. The third-order valence-electron chi connectivity index (χ3n) is 3.94. The lowest BCUT2D eigenvalue weighted by molar-refractivity contribution is 0.0253. The van der Waals surface area contributed by atoms with Crippen LogP contribution in [-0.4, -0.2) is 65.8 Å². The van der Waals surface area contributed by atoms with Crippen molar-refractivity contribution in [2.75, 3.05) is 32.9 Å². The molecule has 1 saturated heterocycles. The van der Waals surface area contributed by atoms with Crippen LogP contribution in [0, 0.1) is 0 Å². The highest BCUT2D eigenvalue weighted by Gasteiger charge is 2.21. The first kappa shape index (κ1) is 21.6. The maximum absolute atomic E-state index is 12.0. The number of thiocarbonyl (C=S) groups is 1. The summed E-state index contributed by atoms with van der Waals surface area (Å²) in [6.45, 7) is 8.07. The van der Waals surface area contributed by atoms with Gasteiger partial charge in [-0.05, 0) is 32.8 Å². The Hall–Kier alpha value is -1.74. The van der Waals surface area contributed by atoms with Crippen molar-refractivity contribution in [1.82, 2.24) is 15.8 Å². The van der Waals surface area contributed by atoms with Crippen LogP contribution in [-0.2, 0) is 15.9 Å². The second kappa shape index (κ2) is 9.98. The molecule has 0 aliphatic carbocycles. The van der Waals surface area contributed by atoms with Gasteiger partial charge in [-0.15, -0.1) is 0 Å². The molecule has 0 spiro atoms. The number of alkyl carbamates (subject to hydrolysis) is 1. The molecule has 1 heterocycles. The zero-order valence-corrected chi connectivity index (χ0v) is 17.0. The van der Waals surface area contributed by atoms with Gasteiger partial charge in [-0.25, -0.2) is 9.80 Å². The van der Waals surface area contributed by atoms with Crippen molar-refractivity contribution >= 4 is 23.3 Å². The Morgan fingerprint density at radius 3 is 2.63 bits per heavy atom. The predicted molar refractivity (Wildman–Crippen MR) is 108 cm³/mol. The van der Waals surface area contributed by atoms with E-state index in [1.54, 1.807) is 20.8 Å². The number of aliphatic hydroxyl groups excluding tert-OH is 1. The molecule has 150 valence electrons. The van der Waals surface area contributed by atoms with Crippen molar-refractivity contribution in [3.63, 3.8) is 0 Å². The minimum absolute atomic E-state index is 0.197. The number of ether oxygens (including phenoxy) is 2. The summed E-state index contributed by atoms with van der Waals surface area (Å²) in [4.78, 5) is 12.6. The SMILES string of the molecule is CC(C)(C)OC(=O)N[C@H](CO)Cc1ccccc1C(=S)NN1CCOCC1. The molecule has 0 bridgehead atoms. The van der Waals surface area contributed by atoms with E-state index in [-0.39, 0.29) is 6.61 Å². The van der Waals surface area contributed by atoms with Crippen LogP contribution in [0.5, 0.6) is 0 Å². The van der Waals surface area contributed by atoms with Gasteiger partial charge in [0.25, 0.3) is 0 Å². The predicted octanol–water partition coefficient (Wildman–Crippen LogP) is 1.63. The lowest BCUT2D eigenvalue weighted by Crippen LogP contribution is -2.48. The number of amides is 1. The molecule has 1 aromatic rings. The fraction of sp³-hybridized carbons (Fsp3) is 0.579. The molecule has 1 amide bonds. The lowest BCUT2D eigenvalue weighted by Gasteiger charge is -2.29. The molecule has 0 unspecified atom stereocenters. The molecule has 8 heteroatoms. The summed E-state index contributed by atoms with van der Waals surface area (Å²) in [6, 6.07) is 7.25. The highest BCUT2D eigenvalue weighted by molar-refractivity contribution is 7.80. The van der Waals surface area contributed by atoms with Gasteiger partial charge in [0.1, 0.15) is 10.6 Å². The van der Waals surface area contributed by atoms with E-state index in [2.05, 4.69) is 10.7 Å². The Morgan fingerprint density at radius 1 is 1.33 bits per heavy atom. The Balaban J connectivity index is 2.02. The van der Waals surface area contributed by atoms with E-state index in [9.17, 15) is 9.90 Å². The molecule has 3 N–H and O–H groups in total. The maximum atomic E-state index is 12.0. The van der Waals surface area contributed by atoms with Crippen LogP contribution in [0.3, 0.4) is 0 Å². The number of morpholine rings is 1. The molecule has 1 atom stereocenters. The minimum Gasteiger partial charge on any atom is -0.444 e. The molecular weight excluding hydrogens is 366 g/mol. The summed E-state index contributed by atoms with van der Waals surface area (Å²) in [6.07, 6.45) is -0.107. The molecule has 1 fully saturated rings. The summed E-state index contributed by atoms with van der Waals surface area (Å²) in [5.41, 5.74) is 4.48. The first-order valence-electron chi connectivity index (χ1n) is 9.10. The third-order valence-corrected chi connectivity index (χ3v) is 4.25. The molecule has 1 aromatic carbocycles. The van der Waals surface area contributed by atoms with Crippen LogP contribution in [0.2, 0.25) is 0 Å². The minimum atomic E-state index is -0.592. The second-order valence-corrected chi connectivity index (χ2v) is 7.84. The van der Waals surface area contributed by atoms with Gasteiger partial charge in [-0.1, -0.05) is 36.5 Å². The molecule has 27 heavy (non-hydrogen) atoms. The number of nitrogens with one attached hydrogen (secondary N) is 2.